The number of nitrogens with two attached hydrogens (primary N) is 1. The normalized spacial score (nSPS) is 10.2. The lowest BCUT2D eigenvalue weighted by Crippen LogP contribution is -2.03. The third-order valence-corrected chi connectivity index (χ3v) is 1.27. The van der Waals surface area contributed by atoms with E-state index >= 15 is 0 Å². The van der Waals surface area contributed by atoms with Crippen molar-refractivity contribution >= 4 is 0 Å². The minimum absolute atomic E-state index is 0.476. The summed E-state index contributed by atoms with van der Waals surface area (Å²) >= 11 is 0. The zero-order valence-corrected chi connectivity index (χ0v) is 6.05. The molecule has 3 N–H and O–H groups in total. The van der Waals surface area contributed by atoms with Crippen molar-refractivity contribution in [3.05, 3.63) is 23.7 Å². The summed E-state index contributed by atoms with van der Waals surface area (Å²) in [5, 5.41) is 2.99. The monoisotopic (exact) mass is 140 g/mol. The molecule has 0 radical (unpaired) electrons. The number of nitrogens with one attached hydrogen (secondary N) is 1. The third-order valence-electron chi connectivity index (χ3n) is 1.27. The molecule has 0 saturated heterocycles. The lowest BCUT2D eigenvalue weighted by atomic mass is 10.4. The fourth-order valence-corrected chi connectivity index (χ4v) is 0.801. The van der Waals surface area contributed by atoms with E-state index in [1.165, 1.54) is 0 Å². The van der Waals surface area contributed by atoms with Crippen LogP contribution in [-0.2, 0) is 13.1 Å². The van der Waals surface area contributed by atoms with Crippen molar-refractivity contribution in [2.24, 2.45) is 5.73 Å². The molecule has 10 heavy (non-hydrogen) atoms. The van der Waals surface area contributed by atoms with E-state index < -0.39 is 0 Å². The highest BCUT2D eigenvalue weighted by Crippen LogP contribution is 2.05. The van der Waals surface area contributed by atoms with Crippen LogP contribution in [0.5, 0.6) is 0 Å². The fraction of sp³-hybridized carbons (Fsp3) is 0.429. The molecule has 0 aromatic carbocycles. The van der Waals surface area contributed by atoms with Crippen molar-refractivity contribution in [3.8, 4) is 0 Å². The average Bonchev–Trinajstić information content (AvgIpc) is 2.37. The largest absolute Gasteiger partial charge is 0.463 e. The van der Waals surface area contributed by atoms with Crippen molar-refractivity contribution in [1.29, 1.82) is 0 Å². The molecule has 0 amide bonds. The van der Waals surface area contributed by atoms with Crippen LogP contribution in [0, 0.1) is 0 Å². The Kier molecular flexibility index (Phi) is 2.48. The van der Waals surface area contributed by atoms with Crippen LogP contribution in [0.1, 0.15) is 11.5 Å². The Morgan fingerprint density at radius 3 is 2.70 bits per heavy atom. The van der Waals surface area contributed by atoms with Gasteiger partial charge in [-0.25, -0.2) is 0 Å². The molecule has 0 aliphatic heterocycles. The van der Waals surface area contributed by atoms with Crippen molar-refractivity contribution in [2.45, 2.75) is 13.1 Å². The Bertz CT molecular complexity index is 195. The first-order valence-corrected chi connectivity index (χ1v) is 3.29. The SMILES string of the molecule is CNCc1ccc(CN)o1. The van der Waals surface area contributed by atoms with Gasteiger partial charge in [0.05, 0.1) is 13.1 Å². The first-order valence-electron chi connectivity index (χ1n) is 3.29. The van der Waals surface area contributed by atoms with Crippen LogP contribution in [0.2, 0.25) is 0 Å². The molecule has 1 aromatic heterocycles. The third kappa shape index (κ3) is 1.59. The molecule has 1 heterocycles. The second kappa shape index (κ2) is 3.39. The molecule has 0 bridgehead atoms. The first-order chi connectivity index (χ1) is 4.86. The highest BCUT2D eigenvalue weighted by atomic mass is 16.3. The van der Waals surface area contributed by atoms with Crippen LogP contribution in [0.15, 0.2) is 16.5 Å². The summed E-state index contributed by atoms with van der Waals surface area (Å²) < 4.78 is 5.29. The van der Waals surface area contributed by atoms with Gasteiger partial charge < -0.3 is 15.5 Å². The van der Waals surface area contributed by atoms with Gasteiger partial charge in [0.25, 0.3) is 0 Å². The fourth-order valence-electron chi connectivity index (χ4n) is 0.801. The van der Waals surface area contributed by atoms with Crippen LogP contribution in [-0.4, -0.2) is 7.05 Å². The molecule has 0 aliphatic rings. The molecule has 0 fully saturated rings. The average molecular weight is 140 g/mol. The van der Waals surface area contributed by atoms with Crippen LogP contribution >= 0.6 is 0 Å². The molecule has 1 rings (SSSR count). The summed E-state index contributed by atoms with van der Waals surface area (Å²) in [5.41, 5.74) is 5.35. The number of hydrogen-bond donors (Lipinski definition) is 2. The Morgan fingerprint density at radius 2 is 2.20 bits per heavy atom. The molecule has 0 unspecified atom stereocenters. The molecule has 3 nitrogen and oxygen atoms in total. The topological polar surface area (TPSA) is 51.2 Å². The molecule has 3 heteroatoms. The summed E-state index contributed by atoms with van der Waals surface area (Å²) in [7, 11) is 1.88. The first kappa shape index (κ1) is 7.31. The standard InChI is InChI=1S/C7H12N2O/c1-9-5-7-3-2-6(4-8)10-7/h2-3,9H,4-5,8H2,1H3. The molecule has 0 spiro atoms. The second-order valence-corrected chi connectivity index (χ2v) is 2.10. The van der Waals surface area contributed by atoms with E-state index in [0.717, 1.165) is 18.1 Å². The number of hydrogen-bond acceptors (Lipinski definition) is 3. The van der Waals surface area contributed by atoms with Crippen LogP contribution in [0.4, 0.5) is 0 Å². The van der Waals surface area contributed by atoms with Gasteiger partial charge in [-0.1, -0.05) is 0 Å². The van der Waals surface area contributed by atoms with Crippen LogP contribution in [0.3, 0.4) is 0 Å². The summed E-state index contributed by atoms with van der Waals surface area (Å²) in [5.74, 6) is 1.77. The zero-order valence-electron chi connectivity index (χ0n) is 6.05. The summed E-state index contributed by atoms with van der Waals surface area (Å²) in [6.07, 6.45) is 0. The minimum Gasteiger partial charge on any atom is -0.463 e. The summed E-state index contributed by atoms with van der Waals surface area (Å²) in [4.78, 5) is 0. The van der Waals surface area contributed by atoms with Crippen molar-refractivity contribution in [2.75, 3.05) is 7.05 Å². The Balaban J connectivity index is 2.59. The van der Waals surface area contributed by atoms with Gasteiger partial charge >= 0.3 is 0 Å². The van der Waals surface area contributed by atoms with E-state index in [1.54, 1.807) is 0 Å². The highest BCUT2D eigenvalue weighted by molar-refractivity contribution is 5.06. The predicted octanol–water partition coefficient (Wildman–Crippen LogP) is 0.458. The quantitative estimate of drug-likeness (QED) is 0.641. The van der Waals surface area contributed by atoms with E-state index in [2.05, 4.69) is 5.32 Å². The lowest BCUT2D eigenvalue weighted by Gasteiger charge is -1.92. The van der Waals surface area contributed by atoms with Gasteiger partial charge in [-0.15, -0.1) is 0 Å². The van der Waals surface area contributed by atoms with Gasteiger partial charge in [-0.2, -0.15) is 0 Å². The Labute approximate surface area is 60.2 Å². The maximum atomic E-state index is 5.35. The van der Waals surface area contributed by atoms with Crippen LogP contribution in [0.25, 0.3) is 0 Å². The van der Waals surface area contributed by atoms with E-state index in [1.807, 2.05) is 19.2 Å². The maximum absolute atomic E-state index is 5.35. The van der Waals surface area contributed by atoms with Gasteiger partial charge in [-0.3, -0.25) is 0 Å². The van der Waals surface area contributed by atoms with Gasteiger partial charge in [0.1, 0.15) is 11.5 Å². The molecule has 56 valence electrons. The second-order valence-electron chi connectivity index (χ2n) is 2.10. The minimum atomic E-state index is 0.476. The number of rotatable bonds is 3. The maximum Gasteiger partial charge on any atom is 0.118 e. The van der Waals surface area contributed by atoms with E-state index in [0.29, 0.717) is 6.54 Å². The van der Waals surface area contributed by atoms with Gasteiger partial charge in [0.15, 0.2) is 0 Å². The lowest BCUT2D eigenvalue weighted by molar-refractivity contribution is 0.456. The summed E-state index contributed by atoms with van der Waals surface area (Å²) in [6.45, 7) is 1.24. The summed E-state index contributed by atoms with van der Waals surface area (Å²) in [6, 6.07) is 3.82. The van der Waals surface area contributed by atoms with E-state index in [9.17, 15) is 0 Å². The van der Waals surface area contributed by atoms with Crippen molar-refractivity contribution < 1.29 is 4.42 Å². The molecular formula is C7H12N2O. The van der Waals surface area contributed by atoms with E-state index in [-0.39, 0.29) is 0 Å². The van der Waals surface area contributed by atoms with Crippen molar-refractivity contribution in [3.63, 3.8) is 0 Å². The van der Waals surface area contributed by atoms with Crippen LogP contribution < -0.4 is 11.1 Å². The zero-order chi connectivity index (χ0) is 7.40. The predicted molar refractivity (Wildman–Crippen MR) is 39.4 cm³/mol. The van der Waals surface area contributed by atoms with Crippen molar-refractivity contribution in [1.82, 2.24) is 5.32 Å². The molecular weight excluding hydrogens is 128 g/mol. The van der Waals surface area contributed by atoms with Gasteiger partial charge in [-0.05, 0) is 19.2 Å². The molecule has 0 aliphatic carbocycles. The smallest absolute Gasteiger partial charge is 0.118 e. The van der Waals surface area contributed by atoms with Gasteiger partial charge in [0.2, 0.25) is 0 Å². The van der Waals surface area contributed by atoms with E-state index in [4.69, 9.17) is 10.2 Å². The molecule has 1 aromatic rings. The Hall–Kier alpha value is -0.800. The molecule has 0 saturated carbocycles. The van der Waals surface area contributed by atoms with Gasteiger partial charge in [0, 0.05) is 0 Å². The Morgan fingerprint density at radius 1 is 1.50 bits per heavy atom. The molecule has 0 atom stereocenters. The number of furan rings is 1. The highest BCUT2D eigenvalue weighted by Gasteiger charge is 1.96.